The first-order valence-electron chi connectivity index (χ1n) is 8.64. The summed E-state index contributed by atoms with van der Waals surface area (Å²) in [5, 5.41) is 4.96. The highest BCUT2D eigenvalue weighted by Crippen LogP contribution is 2.15. The highest BCUT2D eigenvalue weighted by Gasteiger charge is 2.29. The first kappa shape index (κ1) is 17.1. The Labute approximate surface area is 142 Å². The van der Waals surface area contributed by atoms with Gasteiger partial charge < -0.3 is 14.8 Å². The third-order valence-corrected chi connectivity index (χ3v) is 4.22. The molecular formula is C17H25N3O4. The molecule has 7 nitrogen and oxygen atoms in total. The molecule has 0 aliphatic carbocycles. The molecule has 1 aromatic rings. The zero-order valence-electron chi connectivity index (χ0n) is 13.9. The lowest BCUT2D eigenvalue weighted by Gasteiger charge is -2.32. The van der Waals surface area contributed by atoms with Crippen LogP contribution in [0, 0.1) is 0 Å². The molecule has 0 spiro atoms. The quantitative estimate of drug-likeness (QED) is 0.841. The third-order valence-electron chi connectivity index (χ3n) is 4.22. The molecule has 3 rings (SSSR count). The highest BCUT2D eigenvalue weighted by atomic mass is 16.7. The Morgan fingerprint density at radius 1 is 1.38 bits per heavy atom. The molecule has 1 N–H and O–H groups in total. The van der Waals surface area contributed by atoms with Crippen molar-refractivity contribution in [1.82, 2.24) is 15.4 Å². The van der Waals surface area contributed by atoms with Gasteiger partial charge in [-0.05, 0) is 25.3 Å². The summed E-state index contributed by atoms with van der Waals surface area (Å²) in [5.41, 5.74) is 0. The Balaban J connectivity index is 1.46. The molecule has 2 saturated heterocycles. The first-order chi connectivity index (χ1) is 11.8. The van der Waals surface area contributed by atoms with Crippen molar-refractivity contribution in [2.45, 2.75) is 37.8 Å². The van der Waals surface area contributed by atoms with E-state index in [4.69, 9.17) is 14.3 Å². The summed E-state index contributed by atoms with van der Waals surface area (Å²) in [6.07, 6.45) is 4.85. The Morgan fingerprint density at radius 3 is 3.12 bits per heavy atom. The number of ether oxygens (including phenoxy) is 2. The molecule has 0 aromatic carbocycles. The average molecular weight is 335 g/mol. The molecular weight excluding hydrogens is 310 g/mol. The van der Waals surface area contributed by atoms with E-state index < -0.39 is 0 Å². The van der Waals surface area contributed by atoms with Gasteiger partial charge in [-0.2, -0.15) is 5.06 Å². The van der Waals surface area contributed by atoms with E-state index in [-0.39, 0.29) is 18.1 Å². The molecule has 7 heteroatoms. The van der Waals surface area contributed by atoms with Crippen molar-refractivity contribution in [3.8, 4) is 5.88 Å². The number of hydrogen-bond donors (Lipinski definition) is 1. The van der Waals surface area contributed by atoms with E-state index in [0.29, 0.717) is 32.1 Å². The molecule has 1 aromatic heterocycles. The van der Waals surface area contributed by atoms with Gasteiger partial charge in [0.2, 0.25) is 11.8 Å². The topological polar surface area (TPSA) is 72.9 Å². The number of nitrogens with one attached hydrogen (secondary N) is 1. The molecule has 1 amide bonds. The molecule has 3 heterocycles. The molecule has 24 heavy (non-hydrogen) atoms. The smallest absolute Gasteiger partial charge is 0.221 e. The molecule has 2 aliphatic rings. The maximum absolute atomic E-state index is 12.2. The summed E-state index contributed by atoms with van der Waals surface area (Å²) in [7, 11) is 0. The van der Waals surface area contributed by atoms with Gasteiger partial charge in [0, 0.05) is 38.4 Å². The van der Waals surface area contributed by atoms with E-state index in [1.807, 2.05) is 17.2 Å². The number of hydrogen-bond acceptors (Lipinski definition) is 6. The number of aromatic nitrogens is 1. The van der Waals surface area contributed by atoms with Gasteiger partial charge in [-0.1, -0.05) is 6.07 Å². The molecule has 2 fully saturated rings. The van der Waals surface area contributed by atoms with Gasteiger partial charge in [-0.3, -0.25) is 9.63 Å². The number of amides is 1. The summed E-state index contributed by atoms with van der Waals surface area (Å²) < 4.78 is 11.4. The van der Waals surface area contributed by atoms with Crippen molar-refractivity contribution in [2.24, 2.45) is 0 Å². The van der Waals surface area contributed by atoms with Crippen LogP contribution in [0.25, 0.3) is 0 Å². The molecule has 2 aliphatic heterocycles. The standard InChI is InChI=1S/C17H25N3O4/c21-16(6-10-20-9-3-4-11-23-20)19-14-7-12-22-13-15(14)24-17-5-1-2-8-18-17/h1-2,5,8,14-15H,3-4,6-7,9-13H2,(H,19,21)/t14-,15-/m1/s1. The van der Waals surface area contributed by atoms with Gasteiger partial charge in [0.1, 0.15) is 6.10 Å². The van der Waals surface area contributed by atoms with Crippen LogP contribution in [-0.2, 0) is 14.4 Å². The maximum atomic E-state index is 12.2. The average Bonchev–Trinajstić information content (AvgIpc) is 2.63. The highest BCUT2D eigenvalue weighted by molar-refractivity contribution is 5.76. The Bertz CT molecular complexity index is 508. The summed E-state index contributed by atoms with van der Waals surface area (Å²) in [6.45, 7) is 3.36. The third kappa shape index (κ3) is 5.15. The molecule has 0 bridgehead atoms. The van der Waals surface area contributed by atoms with E-state index in [0.717, 1.165) is 32.4 Å². The second-order valence-electron chi connectivity index (χ2n) is 6.08. The van der Waals surface area contributed by atoms with Crippen molar-refractivity contribution in [1.29, 1.82) is 0 Å². The zero-order chi connectivity index (χ0) is 16.6. The van der Waals surface area contributed by atoms with Crippen molar-refractivity contribution in [2.75, 3.05) is 32.9 Å². The van der Waals surface area contributed by atoms with Gasteiger partial charge in [0.15, 0.2) is 0 Å². The predicted molar refractivity (Wildman–Crippen MR) is 87.4 cm³/mol. The van der Waals surface area contributed by atoms with Gasteiger partial charge in [-0.25, -0.2) is 4.98 Å². The van der Waals surface area contributed by atoms with Crippen LogP contribution < -0.4 is 10.1 Å². The van der Waals surface area contributed by atoms with E-state index in [9.17, 15) is 4.79 Å². The van der Waals surface area contributed by atoms with Gasteiger partial charge >= 0.3 is 0 Å². The molecule has 0 unspecified atom stereocenters. The lowest BCUT2D eigenvalue weighted by molar-refractivity contribution is -0.181. The fourth-order valence-corrected chi connectivity index (χ4v) is 2.89. The van der Waals surface area contributed by atoms with Crippen LogP contribution in [0.15, 0.2) is 24.4 Å². The fraction of sp³-hybridized carbons (Fsp3) is 0.647. The second kappa shape index (κ2) is 8.96. The van der Waals surface area contributed by atoms with Crippen LogP contribution >= 0.6 is 0 Å². The minimum atomic E-state index is -0.219. The van der Waals surface area contributed by atoms with Gasteiger partial charge in [0.05, 0.1) is 19.3 Å². The number of nitrogens with zero attached hydrogens (tertiary/aromatic N) is 2. The maximum Gasteiger partial charge on any atom is 0.221 e. The molecule has 0 saturated carbocycles. The summed E-state index contributed by atoms with van der Waals surface area (Å²) in [5.74, 6) is 0.569. The summed E-state index contributed by atoms with van der Waals surface area (Å²) >= 11 is 0. The first-order valence-corrected chi connectivity index (χ1v) is 8.64. The predicted octanol–water partition coefficient (Wildman–Crippen LogP) is 1.15. The fourth-order valence-electron chi connectivity index (χ4n) is 2.89. The lowest BCUT2D eigenvalue weighted by Crippen LogP contribution is -2.51. The van der Waals surface area contributed by atoms with Crippen LogP contribution in [-0.4, -0.2) is 61.0 Å². The Kier molecular flexibility index (Phi) is 6.40. The largest absolute Gasteiger partial charge is 0.470 e. The van der Waals surface area contributed by atoms with E-state index in [1.54, 1.807) is 12.3 Å². The van der Waals surface area contributed by atoms with E-state index >= 15 is 0 Å². The van der Waals surface area contributed by atoms with Crippen molar-refractivity contribution in [3.63, 3.8) is 0 Å². The number of hydroxylamine groups is 2. The van der Waals surface area contributed by atoms with E-state index in [1.165, 1.54) is 0 Å². The second-order valence-corrected chi connectivity index (χ2v) is 6.08. The number of rotatable bonds is 6. The van der Waals surface area contributed by atoms with Crippen molar-refractivity contribution < 1.29 is 19.1 Å². The van der Waals surface area contributed by atoms with Crippen LogP contribution in [0.3, 0.4) is 0 Å². The van der Waals surface area contributed by atoms with Crippen molar-refractivity contribution in [3.05, 3.63) is 24.4 Å². The van der Waals surface area contributed by atoms with Crippen LogP contribution in [0.2, 0.25) is 0 Å². The Hall–Kier alpha value is -1.70. The number of pyridine rings is 1. The minimum absolute atomic E-state index is 0.0192. The van der Waals surface area contributed by atoms with Gasteiger partial charge in [-0.15, -0.1) is 0 Å². The van der Waals surface area contributed by atoms with E-state index in [2.05, 4.69) is 10.3 Å². The zero-order valence-corrected chi connectivity index (χ0v) is 13.9. The number of carbonyl (C=O) groups is 1. The monoisotopic (exact) mass is 335 g/mol. The van der Waals surface area contributed by atoms with Crippen LogP contribution in [0.4, 0.5) is 0 Å². The molecule has 132 valence electrons. The minimum Gasteiger partial charge on any atom is -0.470 e. The summed E-state index contributed by atoms with van der Waals surface area (Å²) in [4.78, 5) is 21.9. The van der Waals surface area contributed by atoms with Crippen LogP contribution in [0.5, 0.6) is 5.88 Å². The van der Waals surface area contributed by atoms with Crippen molar-refractivity contribution >= 4 is 5.91 Å². The SMILES string of the molecule is O=C(CCN1CCCCO1)N[C@@H]1CCOC[C@H]1Oc1ccccn1. The van der Waals surface area contributed by atoms with Crippen LogP contribution in [0.1, 0.15) is 25.7 Å². The lowest BCUT2D eigenvalue weighted by atomic mass is 10.1. The normalized spacial score (nSPS) is 25.2. The number of carbonyl (C=O) groups excluding carboxylic acids is 1. The molecule has 2 atom stereocenters. The summed E-state index contributed by atoms with van der Waals surface area (Å²) in [6, 6.07) is 5.46. The Morgan fingerprint density at radius 2 is 2.33 bits per heavy atom. The van der Waals surface area contributed by atoms with Gasteiger partial charge in [0.25, 0.3) is 0 Å². The molecule has 0 radical (unpaired) electrons.